The van der Waals surface area contributed by atoms with Gasteiger partial charge in [-0.1, -0.05) is 67.9 Å². The maximum absolute atomic E-state index is 13.9. The van der Waals surface area contributed by atoms with E-state index in [0.717, 1.165) is 36.3 Å². The van der Waals surface area contributed by atoms with E-state index < -0.39 is 5.54 Å². The Kier molecular flexibility index (Phi) is 6.32. The number of aryl methyl sites for hydroxylation is 3. The quantitative estimate of drug-likeness (QED) is 0.441. The monoisotopic (exact) mass is 458 g/mol. The molecule has 180 valence electrons. The Morgan fingerprint density at radius 1 is 1.09 bits per heavy atom. The van der Waals surface area contributed by atoms with Crippen LogP contribution in [-0.4, -0.2) is 15.7 Å². The van der Waals surface area contributed by atoms with Gasteiger partial charge in [0.2, 0.25) is 0 Å². The molecule has 2 aromatic carbocycles. The zero-order chi connectivity index (χ0) is 24.7. The first-order valence-electron chi connectivity index (χ1n) is 12.4. The van der Waals surface area contributed by atoms with Crippen LogP contribution in [0.4, 0.5) is 5.82 Å². The number of anilines is 1. The average molecular weight is 459 g/mol. The maximum atomic E-state index is 13.9. The number of benzene rings is 2. The number of fused-ring (bicyclic) bond motifs is 1. The lowest BCUT2D eigenvalue weighted by molar-refractivity contribution is 0.0889. The van der Waals surface area contributed by atoms with Gasteiger partial charge in [0.25, 0.3) is 5.91 Å². The molecule has 1 aliphatic heterocycles. The highest BCUT2D eigenvalue weighted by Gasteiger charge is 2.40. The van der Waals surface area contributed by atoms with Crippen molar-refractivity contribution in [3.63, 3.8) is 0 Å². The Labute approximate surface area is 204 Å². The minimum atomic E-state index is -0.425. The highest BCUT2D eigenvalue weighted by Crippen LogP contribution is 2.42. The predicted molar refractivity (Wildman–Crippen MR) is 139 cm³/mol. The third-order valence-electron chi connectivity index (χ3n) is 7.60. The Morgan fingerprint density at radius 3 is 2.35 bits per heavy atom. The molecular formula is C29H38N4O. The number of amides is 1. The molecule has 5 nitrogen and oxygen atoms in total. The Hall–Kier alpha value is -3.08. The van der Waals surface area contributed by atoms with Crippen LogP contribution in [0, 0.1) is 20.8 Å². The van der Waals surface area contributed by atoms with Crippen molar-refractivity contribution in [2.45, 2.75) is 84.8 Å². The van der Waals surface area contributed by atoms with Crippen molar-refractivity contribution in [3.8, 4) is 0 Å². The van der Waals surface area contributed by atoms with E-state index in [1.165, 1.54) is 16.7 Å². The summed E-state index contributed by atoms with van der Waals surface area (Å²) in [5.74, 6) is 0.737. The van der Waals surface area contributed by atoms with Gasteiger partial charge in [-0.15, -0.1) is 0 Å². The summed E-state index contributed by atoms with van der Waals surface area (Å²) in [6.07, 6.45) is 2.52. The van der Waals surface area contributed by atoms with Crippen molar-refractivity contribution in [2.75, 3.05) is 5.32 Å². The van der Waals surface area contributed by atoms with Crippen LogP contribution < -0.4 is 10.6 Å². The van der Waals surface area contributed by atoms with Crippen molar-refractivity contribution in [2.24, 2.45) is 0 Å². The van der Waals surface area contributed by atoms with E-state index >= 15 is 0 Å². The van der Waals surface area contributed by atoms with Gasteiger partial charge in [-0.25, -0.2) is 4.68 Å². The van der Waals surface area contributed by atoms with E-state index in [2.05, 4.69) is 101 Å². The molecule has 0 saturated carbocycles. The fraction of sp³-hybridized carbons (Fsp3) is 0.448. The zero-order valence-corrected chi connectivity index (χ0v) is 21.6. The summed E-state index contributed by atoms with van der Waals surface area (Å²) in [4.78, 5) is 13.9. The molecule has 5 heteroatoms. The van der Waals surface area contributed by atoms with Crippen LogP contribution in [0.5, 0.6) is 0 Å². The lowest BCUT2D eigenvalue weighted by Gasteiger charge is -2.39. The molecule has 2 N–H and O–H groups in total. The number of nitrogens with zero attached hydrogens (tertiary/aromatic N) is 2. The van der Waals surface area contributed by atoms with E-state index in [9.17, 15) is 4.79 Å². The summed E-state index contributed by atoms with van der Waals surface area (Å²) in [5, 5.41) is 11.9. The molecule has 1 amide bonds. The Bertz CT molecular complexity index is 1190. The molecule has 0 radical (unpaired) electrons. The molecule has 1 aliphatic rings. The molecule has 1 aromatic heterocycles. The molecule has 4 rings (SSSR count). The number of carbonyl (C=O) groups excluding carboxylic acids is 1. The first-order valence-corrected chi connectivity index (χ1v) is 12.4. The van der Waals surface area contributed by atoms with Gasteiger partial charge in [0.1, 0.15) is 11.4 Å². The highest BCUT2D eigenvalue weighted by atomic mass is 16.2. The van der Waals surface area contributed by atoms with Crippen LogP contribution in [0.3, 0.4) is 0 Å². The third-order valence-corrected chi connectivity index (χ3v) is 7.60. The first kappa shape index (κ1) is 24.1. The van der Waals surface area contributed by atoms with Crippen LogP contribution in [0.25, 0.3) is 0 Å². The molecule has 1 atom stereocenters. The molecule has 34 heavy (non-hydrogen) atoms. The van der Waals surface area contributed by atoms with Crippen molar-refractivity contribution >= 4 is 11.7 Å². The largest absolute Gasteiger partial charge is 0.363 e. The summed E-state index contributed by atoms with van der Waals surface area (Å²) in [5.41, 5.74) is 5.62. The highest BCUT2D eigenvalue weighted by molar-refractivity contribution is 6.00. The average Bonchev–Trinajstić information content (AvgIpc) is 3.15. The van der Waals surface area contributed by atoms with Crippen molar-refractivity contribution < 1.29 is 4.79 Å². The van der Waals surface area contributed by atoms with Crippen LogP contribution in [0.1, 0.15) is 91.3 Å². The second-order valence-corrected chi connectivity index (χ2v) is 10.4. The van der Waals surface area contributed by atoms with E-state index in [1.807, 2.05) is 11.6 Å². The molecule has 0 aliphatic carbocycles. The summed E-state index contributed by atoms with van der Waals surface area (Å²) in [6.45, 7) is 14.8. The predicted octanol–water partition coefficient (Wildman–Crippen LogP) is 6.55. The number of hydrogen-bond donors (Lipinski definition) is 2. The first-order chi connectivity index (χ1) is 16.1. The minimum absolute atomic E-state index is 0.0724. The van der Waals surface area contributed by atoms with E-state index in [4.69, 9.17) is 5.10 Å². The van der Waals surface area contributed by atoms with Gasteiger partial charge in [-0.3, -0.25) is 4.79 Å². The van der Waals surface area contributed by atoms with Gasteiger partial charge in [0.15, 0.2) is 0 Å². The fourth-order valence-corrected chi connectivity index (χ4v) is 5.40. The lowest BCUT2D eigenvalue weighted by atomic mass is 9.84. The van der Waals surface area contributed by atoms with Crippen LogP contribution in [0.2, 0.25) is 0 Å². The summed E-state index contributed by atoms with van der Waals surface area (Å²) < 4.78 is 2.01. The normalized spacial score (nSPS) is 17.1. The molecule has 1 unspecified atom stereocenters. The molecule has 0 fully saturated rings. The summed E-state index contributed by atoms with van der Waals surface area (Å²) in [7, 11) is 0. The van der Waals surface area contributed by atoms with Gasteiger partial charge in [0.05, 0.1) is 22.8 Å². The van der Waals surface area contributed by atoms with Gasteiger partial charge in [-0.05, 0) is 70.6 Å². The second-order valence-electron chi connectivity index (χ2n) is 10.4. The van der Waals surface area contributed by atoms with E-state index in [-0.39, 0.29) is 17.5 Å². The number of hydrogen-bond acceptors (Lipinski definition) is 3. The van der Waals surface area contributed by atoms with Crippen LogP contribution in [0.15, 0.2) is 48.5 Å². The molecule has 0 spiro atoms. The van der Waals surface area contributed by atoms with E-state index in [1.54, 1.807) is 0 Å². The smallest absolute Gasteiger partial charge is 0.257 e. The van der Waals surface area contributed by atoms with Crippen molar-refractivity contribution in [3.05, 3.63) is 82.0 Å². The number of rotatable bonds is 6. The lowest BCUT2D eigenvalue weighted by Crippen LogP contribution is -2.45. The summed E-state index contributed by atoms with van der Waals surface area (Å²) in [6, 6.07) is 17.1. The number of carbonyl (C=O) groups is 1. The van der Waals surface area contributed by atoms with Gasteiger partial charge in [0, 0.05) is 0 Å². The SMILES string of the molecule is CCC(CC)(NC(=O)c1c(C)nn2c1NC(c1ccccc1C)CC2(C)C)c1ccc(C)cc1. The number of aromatic nitrogens is 2. The Balaban J connectivity index is 1.74. The second kappa shape index (κ2) is 8.94. The van der Waals surface area contributed by atoms with Crippen LogP contribution >= 0.6 is 0 Å². The number of nitrogens with one attached hydrogen (secondary N) is 2. The topological polar surface area (TPSA) is 59.0 Å². The molecule has 3 aromatic rings. The van der Waals surface area contributed by atoms with Crippen LogP contribution in [-0.2, 0) is 11.1 Å². The summed E-state index contributed by atoms with van der Waals surface area (Å²) >= 11 is 0. The zero-order valence-electron chi connectivity index (χ0n) is 21.6. The molecular weight excluding hydrogens is 420 g/mol. The van der Waals surface area contributed by atoms with Crippen molar-refractivity contribution in [1.82, 2.24) is 15.1 Å². The van der Waals surface area contributed by atoms with E-state index in [0.29, 0.717) is 5.56 Å². The standard InChI is InChI=1S/C29H38N4O/c1-8-29(9-2,22-16-14-19(3)15-17-22)31-27(34)25-21(5)32-33-26(25)30-24(18-28(33,6)7)23-13-11-10-12-20(23)4/h10-17,24,30H,8-9,18H2,1-7H3,(H,31,34). The van der Waals surface area contributed by atoms with Gasteiger partial charge in [-0.2, -0.15) is 5.10 Å². The molecule has 2 heterocycles. The van der Waals surface area contributed by atoms with Gasteiger partial charge < -0.3 is 10.6 Å². The third kappa shape index (κ3) is 4.13. The fourth-order valence-electron chi connectivity index (χ4n) is 5.40. The Morgan fingerprint density at radius 2 is 1.74 bits per heavy atom. The molecule has 0 bridgehead atoms. The molecule has 0 saturated heterocycles. The maximum Gasteiger partial charge on any atom is 0.257 e. The minimum Gasteiger partial charge on any atom is -0.363 e. The van der Waals surface area contributed by atoms with Gasteiger partial charge >= 0.3 is 0 Å². The van der Waals surface area contributed by atoms with Crippen molar-refractivity contribution in [1.29, 1.82) is 0 Å².